The summed E-state index contributed by atoms with van der Waals surface area (Å²) in [4.78, 5) is 17.9. The minimum absolute atomic E-state index is 0.0263. The topological polar surface area (TPSA) is 82.5 Å². The molecule has 0 bridgehead atoms. The number of carbonyl (C=O) groups is 1. The van der Waals surface area contributed by atoms with Crippen molar-refractivity contribution in [1.29, 1.82) is 0 Å². The summed E-state index contributed by atoms with van der Waals surface area (Å²) in [6.07, 6.45) is 31.8. The molecule has 1 rings (SSSR count). The zero-order chi connectivity index (χ0) is 34.9. The standard InChI is InChI=1S/C41H80N2O5/c1-4-7-10-13-15-17-23-37-47-40(45)27-21-18-22-31-42(33-34-43(35-36-44)38-29-30-38)32-24-28-41(46)48-39(25-19-12-9-6-3)26-20-16-14-11-8-5-2/h17,23,38-40,44-45H,4-16,18-22,24-37H2,1-3H3/b23-17-. The van der Waals surface area contributed by atoms with Gasteiger partial charge in [-0.1, -0.05) is 110 Å². The maximum atomic E-state index is 13.0. The van der Waals surface area contributed by atoms with Crippen LogP contribution in [0.15, 0.2) is 12.2 Å². The first-order valence-electron chi connectivity index (χ1n) is 20.7. The highest BCUT2D eigenvalue weighted by Gasteiger charge is 2.28. The summed E-state index contributed by atoms with van der Waals surface area (Å²) in [6, 6.07) is 0.632. The lowest BCUT2D eigenvalue weighted by Crippen LogP contribution is -2.38. The van der Waals surface area contributed by atoms with Crippen LogP contribution in [0.2, 0.25) is 0 Å². The Morgan fingerprint density at radius 3 is 1.94 bits per heavy atom. The third-order valence-electron chi connectivity index (χ3n) is 9.77. The first kappa shape index (κ1) is 45.0. The van der Waals surface area contributed by atoms with Gasteiger partial charge in [-0.15, -0.1) is 0 Å². The van der Waals surface area contributed by atoms with E-state index in [2.05, 4.69) is 36.6 Å². The van der Waals surface area contributed by atoms with Gasteiger partial charge < -0.3 is 24.6 Å². The van der Waals surface area contributed by atoms with Crippen LogP contribution in [0.4, 0.5) is 0 Å². The molecule has 0 aromatic carbocycles. The van der Waals surface area contributed by atoms with Gasteiger partial charge in [0.2, 0.25) is 0 Å². The zero-order valence-corrected chi connectivity index (χ0v) is 32.0. The highest BCUT2D eigenvalue weighted by atomic mass is 16.6. The van der Waals surface area contributed by atoms with Crippen molar-refractivity contribution in [3.05, 3.63) is 12.2 Å². The van der Waals surface area contributed by atoms with E-state index in [1.807, 2.05) is 6.08 Å². The van der Waals surface area contributed by atoms with Gasteiger partial charge >= 0.3 is 5.97 Å². The molecule has 7 nitrogen and oxygen atoms in total. The Labute approximate surface area is 297 Å². The molecule has 0 spiro atoms. The van der Waals surface area contributed by atoms with E-state index < -0.39 is 6.29 Å². The fourth-order valence-corrected chi connectivity index (χ4v) is 6.51. The second-order valence-electron chi connectivity index (χ2n) is 14.4. The number of aliphatic hydroxyl groups is 2. The molecule has 0 amide bonds. The third kappa shape index (κ3) is 27.8. The largest absolute Gasteiger partial charge is 0.462 e. The van der Waals surface area contributed by atoms with Gasteiger partial charge in [-0.2, -0.15) is 0 Å². The predicted molar refractivity (Wildman–Crippen MR) is 202 cm³/mol. The van der Waals surface area contributed by atoms with Crippen LogP contribution in [0.3, 0.4) is 0 Å². The summed E-state index contributed by atoms with van der Waals surface area (Å²) >= 11 is 0. The molecule has 7 heteroatoms. The molecule has 0 saturated heterocycles. The average molecular weight is 681 g/mol. The molecule has 1 fully saturated rings. The average Bonchev–Trinajstić information content (AvgIpc) is 3.93. The van der Waals surface area contributed by atoms with Crippen LogP contribution in [-0.2, 0) is 14.3 Å². The Kier molecular flexibility index (Phi) is 31.1. The number of rotatable bonds is 37. The number of ether oxygens (including phenoxy) is 2. The smallest absolute Gasteiger partial charge is 0.306 e. The van der Waals surface area contributed by atoms with Gasteiger partial charge in [0.05, 0.1) is 13.2 Å². The second kappa shape index (κ2) is 33.2. The Morgan fingerprint density at radius 1 is 0.688 bits per heavy atom. The summed E-state index contributed by atoms with van der Waals surface area (Å²) in [6.45, 7) is 12.0. The Morgan fingerprint density at radius 2 is 1.27 bits per heavy atom. The molecule has 0 radical (unpaired) electrons. The highest BCUT2D eigenvalue weighted by molar-refractivity contribution is 5.69. The lowest BCUT2D eigenvalue weighted by atomic mass is 10.0. The van der Waals surface area contributed by atoms with Crippen LogP contribution in [0.1, 0.15) is 181 Å². The highest BCUT2D eigenvalue weighted by Crippen LogP contribution is 2.26. The number of esters is 1. The van der Waals surface area contributed by atoms with E-state index in [1.165, 1.54) is 89.9 Å². The molecule has 284 valence electrons. The molecule has 1 saturated carbocycles. The van der Waals surface area contributed by atoms with E-state index in [0.717, 1.165) is 90.5 Å². The van der Waals surface area contributed by atoms with Crippen LogP contribution in [-0.4, -0.2) is 90.4 Å². The number of allylic oxidation sites excluding steroid dienone is 1. The van der Waals surface area contributed by atoms with Gasteiger partial charge in [-0.25, -0.2) is 0 Å². The third-order valence-corrected chi connectivity index (χ3v) is 9.77. The SMILES string of the molecule is CCCCCC/C=C\COC(O)CCCCCN(CCCC(=O)OC(CCCCCC)CCCCCCCC)CCN(CCO)C1CC1. The van der Waals surface area contributed by atoms with Crippen molar-refractivity contribution in [1.82, 2.24) is 9.80 Å². The number of hydrogen-bond donors (Lipinski definition) is 2. The van der Waals surface area contributed by atoms with Gasteiger partial charge in [0.25, 0.3) is 0 Å². The first-order valence-corrected chi connectivity index (χ1v) is 20.7. The molecule has 2 N–H and O–H groups in total. The van der Waals surface area contributed by atoms with Gasteiger partial charge in [0.15, 0.2) is 6.29 Å². The summed E-state index contributed by atoms with van der Waals surface area (Å²) in [7, 11) is 0. The first-order chi connectivity index (χ1) is 23.5. The summed E-state index contributed by atoms with van der Waals surface area (Å²) < 4.78 is 11.7. The van der Waals surface area contributed by atoms with Crippen LogP contribution in [0, 0.1) is 0 Å². The van der Waals surface area contributed by atoms with Crippen molar-refractivity contribution in [3.8, 4) is 0 Å². The van der Waals surface area contributed by atoms with Crippen molar-refractivity contribution in [3.63, 3.8) is 0 Å². The fraction of sp³-hybridized carbons (Fsp3) is 0.927. The van der Waals surface area contributed by atoms with E-state index in [0.29, 0.717) is 25.5 Å². The van der Waals surface area contributed by atoms with E-state index in [-0.39, 0.29) is 18.7 Å². The molecule has 2 atom stereocenters. The monoisotopic (exact) mass is 681 g/mol. The summed E-state index contributed by atoms with van der Waals surface area (Å²) in [5, 5.41) is 19.8. The van der Waals surface area contributed by atoms with Crippen molar-refractivity contribution in [2.45, 2.75) is 200 Å². The predicted octanol–water partition coefficient (Wildman–Crippen LogP) is 9.58. The Balaban J connectivity index is 2.43. The molecule has 48 heavy (non-hydrogen) atoms. The number of aliphatic hydroxyl groups excluding tert-OH is 2. The molecule has 0 aliphatic heterocycles. The van der Waals surface area contributed by atoms with Gasteiger partial charge in [-0.05, 0) is 90.1 Å². The number of unbranched alkanes of at least 4 members (excludes halogenated alkanes) is 14. The normalized spacial score (nSPS) is 14.8. The molecule has 0 heterocycles. The maximum Gasteiger partial charge on any atom is 0.306 e. The molecule has 2 unspecified atom stereocenters. The Bertz CT molecular complexity index is 732. The van der Waals surface area contributed by atoms with E-state index in [1.54, 1.807) is 0 Å². The zero-order valence-electron chi connectivity index (χ0n) is 32.0. The van der Waals surface area contributed by atoms with Crippen LogP contribution >= 0.6 is 0 Å². The molecule has 1 aliphatic rings. The maximum absolute atomic E-state index is 13.0. The minimum Gasteiger partial charge on any atom is -0.462 e. The summed E-state index contributed by atoms with van der Waals surface area (Å²) in [5.74, 6) is -0.0263. The van der Waals surface area contributed by atoms with Crippen molar-refractivity contribution < 1.29 is 24.5 Å². The molecule has 0 aromatic heterocycles. The quantitative estimate of drug-likeness (QED) is 0.0293. The van der Waals surface area contributed by atoms with Crippen LogP contribution in [0.5, 0.6) is 0 Å². The number of carbonyl (C=O) groups excluding carboxylic acids is 1. The molecule has 0 aromatic rings. The van der Waals surface area contributed by atoms with Gasteiger partial charge in [-0.3, -0.25) is 9.69 Å². The Hall–Kier alpha value is -0.990. The van der Waals surface area contributed by atoms with Crippen LogP contribution < -0.4 is 0 Å². The molecule has 1 aliphatic carbocycles. The van der Waals surface area contributed by atoms with Crippen molar-refractivity contribution in [2.75, 3.05) is 45.9 Å². The minimum atomic E-state index is -0.695. The lowest BCUT2D eigenvalue weighted by molar-refractivity contribution is -0.150. The van der Waals surface area contributed by atoms with Crippen LogP contribution in [0.25, 0.3) is 0 Å². The second-order valence-corrected chi connectivity index (χ2v) is 14.4. The molecular weight excluding hydrogens is 600 g/mol. The van der Waals surface area contributed by atoms with E-state index in [9.17, 15) is 15.0 Å². The molecular formula is C41H80N2O5. The fourth-order valence-electron chi connectivity index (χ4n) is 6.51. The number of hydrogen-bond acceptors (Lipinski definition) is 7. The van der Waals surface area contributed by atoms with Crippen molar-refractivity contribution >= 4 is 5.97 Å². The van der Waals surface area contributed by atoms with E-state index >= 15 is 0 Å². The number of nitrogens with zero attached hydrogens (tertiary/aromatic N) is 2. The van der Waals surface area contributed by atoms with E-state index in [4.69, 9.17) is 9.47 Å². The van der Waals surface area contributed by atoms with Gasteiger partial charge in [0.1, 0.15) is 6.10 Å². The van der Waals surface area contributed by atoms with Crippen molar-refractivity contribution in [2.24, 2.45) is 0 Å². The van der Waals surface area contributed by atoms with Gasteiger partial charge in [0, 0.05) is 32.1 Å². The summed E-state index contributed by atoms with van der Waals surface area (Å²) in [5.41, 5.74) is 0. The lowest BCUT2D eigenvalue weighted by Gasteiger charge is -2.27.